The molecule has 0 aliphatic rings. The summed E-state index contributed by atoms with van der Waals surface area (Å²) in [5.74, 6) is -0.986. The van der Waals surface area contributed by atoms with Gasteiger partial charge in [-0.25, -0.2) is 0 Å². The van der Waals surface area contributed by atoms with Gasteiger partial charge in [-0.15, -0.1) is 0 Å². The van der Waals surface area contributed by atoms with Gasteiger partial charge in [-0.05, 0) is 19.3 Å². The van der Waals surface area contributed by atoms with Crippen molar-refractivity contribution in [1.82, 2.24) is 5.32 Å². The van der Waals surface area contributed by atoms with Crippen LogP contribution in [-0.2, 0) is 37.7 Å². The van der Waals surface area contributed by atoms with Crippen LogP contribution in [0.5, 0.6) is 0 Å². The summed E-state index contributed by atoms with van der Waals surface area (Å²) < 4.78 is 30.9. The van der Waals surface area contributed by atoms with Crippen LogP contribution >= 0.6 is 7.60 Å². The predicted octanol–water partition coefficient (Wildman–Crippen LogP) is 1.79. The Morgan fingerprint density at radius 2 is 1.52 bits per heavy atom. The van der Waals surface area contributed by atoms with Crippen molar-refractivity contribution in [3.8, 4) is 0 Å². The number of carbonyl (C=O) groups excluding carboxylic acids is 3. The Labute approximate surface area is 172 Å². The van der Waals surface area contributed by atoms with Crippen molar-refractivity contribution in [1.29, 1.82) is 0 Å². The maximum absolute atomic E-state index is 11.8. The summed E-state index contributed by atoms with van der Waals surface area (Å²) in [4.78, 5) is 42.5. The fourth-order valence-electron chi connectivity index (χ4n) is 2.18. The van der Waals surface area contributed by atoms with Gasteiger partial charge < -0.3 is 28.9 Å². The molecule has 0 aliphatic heterocycles. The molecule has 1 amide bonds. The molecule has 0 rings (SSSR count). The van der Waals surface area contributed by atoms with Crippen LogP contribution in [0.15, 0.2) is 0 Å². The Bertz CT molecular complexity index is 517. The van der Waals surface area contributed by atoms with Gasteiger partial charge in [0, 0.05) is 40.1 Å². The molecule has 1 atom stereocenters. The van der Waals surface area contributed by atoms with E-state index in [4.69, 9.17) is 23.6 Å². The van der Waals surface area contributed by atoms with Gasteiger partial charge in [-0.3, -0.25) is 18.9 Å². The lowest BCUT2D eigenvalue weighted by atomic mass is 10.2. The van der Waals surface area contributed by atoms with E-state index in [1.165, 1.54) is 13.8 Å². The zero-order chi connectivity index (χ0) is 22.1. The van der Waals surface area contributed by atoms with Gasteiger partial charge in [0.25, 0.3) is 0 Å². The average Bonchev–Trinajstić information content (AvgIpc) is 2.61. The second-order valence-corrected chi connectivity index (χ2v) is 8.47. The summed E-state index contributed by atoms with van der Waals surface area (Å²) in [7, 11) is -3.39. The summed E-state index contributed by atoms with van der Waals surface area (Å²) in [6.45, 7) is 4.77. The SMILES string of the molecule is CC(=O)OCC(COC(C)=O)OCCCC(=O)NCCCCCCOP(C)(=O)O. The Morgan fingerprint density at radius 3 is 2.07 bits per heavy atom. The van der Waals surface area contributed by atoms with Gasteiger partial charge >= 0.3 is 19.5 Å². The van der Waals surface area contributed by atoms with Gasteiger partial charge in [0.2, 0.25) is 5.91 Å². The molecule has 170 valence electrons. The van der Waals surface area contributed by atoms with Crippen LogP contribution in [0.2, 0.25) is 0 Å². The first kappa shape index (κ1) is 27.5. The molecule has 0 saturated heterocycles. The van der Waals surface area contributed by atoms with Crippen LogP contribution < -0.4 is 5.32 Å². The quantitative estimate of drug-likeness (QED) is 0.197. The van der Waals surface area contributed by atoms with E-state index >= 15 is 0 Å². The Hall–Kier alpha value is -1.48. The summed E-state index contributed by atoms with van der Waals surface area (Å²) in [6, 6.07) is 0. The van der Waals surface area contributed by atoms with Gasteiger partial charge in [0.15, 0.2) is 0 Å². The topological polar surface area (TPSA) is 137 Å². The molecule has 0 aromatic carbocycles. The fourth-order valence-corrected chi connectivity index (χ4v) is 2.65. The lowest BCUT2D eigenvalue weighted by Gasteiger charge is -2.17. The third-order valence-electron chi connectivity index (χ3n) is 3.57. The largest absolute Gasteiger partial charge is 0.463 e. The minimum atomic E-state index is -3.39. The molecule has 0 heterocycles. The summed E-state index contributed by atoms with van der Waals surface area (Å²) in [6.07, 6.45) is 3.48. The third-order valence-corrected chi connectivity index (χ3v) is 4.23. The molecule has 0 radical (unpaired) electrons. The first-order valence-electron chi connectivity index (χ1n) is 9.70. The molecule has 29 heavy (non-hydrogen) atoms. The van der Waals surface area contributed by atoms with Gasteiger partial charge in [-0.1, -0.05) is 12.8 Å². The minimum Gasteiger partial charge on any atom is -0.463 e. The highest BCUT2D eigenvalue weighted by Crippen LogP contribution is 2.36. The Balaban J connectivity index is 3.72. The summed E-state index contributed by atoms with van der Waals surface area (Å²) in [5.41, 5.74) is 0. The highest BCUT2D eigenvalue weighted by atomic mass is 31.2. The number of hydrogen-bond donors (Lipinski definition) is 2. The highest BCUT2D eigenvalue weighted by molar-refractivity contribution is 7.51. The monoisotopic (exact) mass is 439 g/mol. The first-order valence-corrected chi connectivity index (χ1v) is 11.7. The number of unbranched alkanes of at least 4 members (excludes halogenated alkanes) is 3. The predicted molar refractivity (Wildman–Crippen MR) is 105 cm³/mol. The van der Waals surface area contributed by atoms with Crippen LogP contribution in [0.4, 0.5) is 0 Å². The van der Waals surface area contributed by atoms with Crippen molar-refractivity contribution < 1.29 is 42.6 Å². The van der Waals surface area contributed by atoms with Crippen molar-refractivity contribution in [2.45, 2.75) is 58.5 Å². The molecule has 0 spiro atoms. The van der Waals surface area contributed by atoms with E-state index in [0.717, 1.165) is 25.9 Å². The maximum atomic E-state index is 11.8. The lowest BCUT2D eigenvalue weighted by Crippen LogP contribution is -2.29. The van der Waals surface area contributed by atoms with Crippen LogP contribution in [0.25, 0.3) is 0 Å². The number of carbonyl (C=O) groups is 3. The summed E-state index contributed by atoms with van der Waals surface area (Å²) in [5, 5.41) is 2.82. The van der Waals surface area contributed by atoms with Gasteiger partial charge in [0.1, 0.15) is 19.3 Å². The molecular weight excluding hydrogens is 405 g/mol. The zero-order valence-electron chi connectivity index (χ0n) is 17.5. The standard InChI is InChI=1S/C18H34NO9P/c1-15(20)26-13-17(14-27-16(2)21)25-11-8-9-18(22)19-10-6-4-5-7-12-28-29(3,23)24/h17H,4-14H2,1-3H3,(H,19,22)(H,23,24). The number of hydrogen-bond acceptors (Lipinski definition) is 8. The van der Waals surface area contributed by atoms with E-state index in [0.29, 0.717) is 25.8 Å². The number of nitrogens with one attached hydrogen (secondary N) is 1. The van der Waals surface area contributed by atoms with Crippen molar-refractivity contribution in [2.24, 2.45) is 0 Å². The average molecular weight is 439 g/mol. The molecule has 0 aliphatic carbocycles. The number of esters is 2. The van der Waals surface area contributed by atoms with E-state index < -0.39 is 25.6 Å². The molecule has 0 aromatic heterocycles. The normalized spacial score (nSPS) is 13.0. The highest BCUT2D eigenvalue weighted by Gasteiger charge is 2.13. The minimum absolute atomic E-state index is 0.0199. The smallest absolute Gasteiger partial charge is 0.325 e. The van der Waals surface area contributed by atoms with E-state index in [1.54, 1.807) is 0 Å². The van der Waals surface area contributed by atoms with Crippen molar-refractivity contribution in [3.05, 3.63) is 0 Å². The number of rotatable bonds is 17. The number of amides is 1. The third kappa shape index (κ3) is 21.1. The molecular formula is C18H34NO9P. The van der Waals surface area contributed by atoms with E-state index in [2.05, 4.69) is 5.32 Å². The maximum Gasteiger partial charge on any atom is 0.325 e. The Kier molecular flexibility index (Phi) is 15.5. The second-order valence-electron chi connectivity index (χ2n) is 6.60. The van der Waals surface area contributed by atoms with Crippen LogP contribution in [-0.4, -0.2) is 68.5 Å². The van der Waals surface area contributed by atoms with Crippen LogP contribution in [0, 0.1) is 0 Å². The van der Waals surface area contributed by atoms with Crippen LogP contribution in [0.1, 0.15) is 52.4 Å². The van der Waals surface area contributed by atoms with Crippen LogP contribution in [0.3, 0.4) is 0 Å². The summed E-state index contributed by atoms with van der Waals surface area (Å²) >= 11 is 0. The van der Waals surface area contributed by atoms with Gasteiger partial charge in [0.05, 0.1) is 6.61 Å². The second kappa shape index (κ2) is 16.3. The Morgan fingerprint density at radius 1 is 0.931 bits per heavy atom. The molecule has 10 nitrogen and oxygen atoms in total. The van der Waals surface area contributed by atoms with Crippen molar-refractivity contribution >= 4 is 25.4 Å². The molecule has 1 unspecified atom stereocenters. The molecule has 2 N–H and O–H groups in total. The van der Waals surface area contributed by atoms with Gasteiger partial charge in [-0.2, -0.15) is 0 Å². The first-order chi connectivity index (χ1) is 13.6. The molecule has 0 aromatic rings. The zero-order valence-corrected chi connectivity index (χ0v) is 18.4. The number of ether oxygens (including phenoxy) is 3. The molecule has 0 fully saturated rings. The lowest BCUT2D eigenvalue weighted by molar-refractivity contribution is -0.152. The van der Waals surface area contributed by atoms with Crippen molar-refractivity contribution in [3.63, 3.8) is 0 Å². The molecule has 0 bridgehead atoms. The van der Waals surface area contributed by atoms with E-state index in [9.17, 15) is 18.9 Å². The fraction of sp³-hybridized carbons (Fsp3) is 0.833. The molecule has 11 heteroatoms. The molecule has 0 saturated carbocycles. The van der Waals surface area contributed by atoms with E-state index in [1.807, 2.05) is 0 Å². The van der Waals surface area contributed by atoms with E-state index in [-0.39, 0.29) is 32.3 Å². The van der Waals surface area contributed by atoms with Crippen molar-refractivity contribution in [2.75, 3.05) is 39.6 Å².